The van der Waals surface area contributed by atoms with Gasteiger partial charge in [0.25, 0.3) is 16.7 Å². The van der Waals surface area contributed by atoms with Crippen molar-refractivity contribution in [3.63, 3.8) is 0 Å². The van der Waals surface area contributed by atoms with Crippen molar-refractivity contribution in [2.45, 2.75) is 197 Å². The van der Waals surface area contributed by atoms with Crippen molar-refractivity contribution in [1.29, 1.82) is 0 Å². The van der Waals surface area contributed by atoms with Gasteiger partial charge in [0.15, 0.2) is 15.5 Å². The fraction of sp³-hybridized carbons (Fsp3) is 0.378. The number of carbonyl (C=O) groups excluding carboxylic acids is 3. The van der Waals surface area contributed by atoms with Crippen LogP contribution < -0.4 is 16.7 Å². The van der Waals surface area contributed by atoms with E-state index < -0.39 is 382 Å². The van der Waals surface area contributed by atoms with Crippen molar-refractivity contribution in [2.24, 2.45) is 11.8 Å². The van der Waals surface area contributed by atoms with Crippen molar-refractivity contribution in [3.8, 4) is 33.4 Å². The number of carbonyl (C=O) groups is 3. The van der Waals surface area contributed by atoms with E-state index in [-0.39, 0.29) is 119 Å². The molecular formula is C111H120F12N12O6S3. The van der Waals surface area contributed by atoms with Gasteiger partial charge in [-0.2, -0.15) is 54.5 Å². The molecule has 0 radical (unpaired) electrons. The first-order valence-corrected chi connectivity index (χ1v) is 46.8. The molecule has 0 aliphatic heterocycles. The van der Waals surface area contributed by atoms with Gasteiger partial charge >= 0.3 is 18.5 Å². The van der Waals surface area contributed by atoms with Gasteiger partial charge in [0.05, 0.1) is 45.5 Å². The molecule has 2 unspecified atom stereocenters. The third kappa shape index (κ3) is 29.5. The molecule has 2 atom stereocenters. The van der Waals surface area contributed by atoms with E-state index in [0.29, 0.717) is 48.2 Å². The zero-order chi connectivity index (χ0) is 141. The largest absolute Gasteiger partial charge is 0.416 e. The number of alkyl halides is 9. The number of nitrogens with zero attached hydrogens (tertiary/aromatic N) is 12. The normalized spacial score (nSPS) is 21.5. The average Bonchev–Trinajstić information content (AvgIpc) is 1.52. The molecule has 9 aromatic carbocycles. The molecule has 15 rings (SSSR count). The molecule has 0 bridgehead atoms. The molecule has 0 spiro atoms. The number of hydrogen-bond acceptors (Lipinski definition) is 15. The van der Waals surface area contributed by atoms with E-state index >= 15 is 0 Å². The maximum atomic E-state index is 15.0. The van der Waals surface area contributed by atoms with Gasteiger partial charge < -0.3 is 43.1 Å². The Hall–Kier alpha value is -11.9. The monoisotopic (exact) mass is 2080 g/mol. The quantitative estimate of drug-likeness (QED) is 0.0202. The fourth-order valence-corrected chi connectivity index (χ4v) is 16.2. The number of rotatable bonds is 39. The van der Waals surface area contributed by atoms with E-state index in [1.54, 1.807) is 13.8 Å². The molecule has 3 amide bonds. The summed E-state index contributed by atoms with van der Waals surface area (Å²) in [5, 5.41) is -1.85. The second kappa shape index (κ2) is 50.3. The predicted molar refractivity (Wildman–Crippen MR) is 544 cm³/mol. The summed E-state index contributed by atoms with van der Waals surface area (Å²) >= 11 is 0.656. The Balaban J connectivity index is 0.000000227. The third-order valence-electron chi connectivity index (χ3n) is 21.7. The Morgan fingerprint density at radius 3 is 1.06 bits per heavy atom. The Morgan fingerprint density at radius 2 is 0.701 bits per heavy atom. The van der Waals surface area contributed by atoms with Gasteiger partial charge in [0.2, 0.25) is 17.7 Å². The zero-order valence-electron chi connectivity index (χ0n) is 121. The van der Waals surface area contributed by atoms with Gasteiger partial charge in [-0.15, -0.1) is 0 Å². The first kappa shape index (κ1) is 64.9. The molecule has 0 saturated carbocycles. The smallest absolute Gasteiger partial charge is 0.336 e. The van der Waals surface area contributed by atoms with Crippen LogP contribution in [0.2, 0.25) is 0 Å². The minimum absolute atomic E-state index is 0.000629. The molecule has 762 valence electrons. The standard InChI is InChI=1S/3C37H40F4N4O2S/c2*1-4-43(5-2)18-19-44(22-26-6-10-28(11-7-26)29-12-14-30(15-13-29)37(39,40)41)34(46)23-45-33-21-25(3)20-32(33)35(47)42-36(45)48-24-27-8-16-31(38)17-9-27;1-4-43(5-2)19-20-44(22-26-9-13-28(14-10-26)29-15-18-32(25(3)21-29)37(39,40)41)34(46)23-45-33-8-6-7-31(33)35(47)42-36(45)48-24-27-11-16-30(38)17-12-27/h2*6-17,25H,4-5,18-24H2,1-3H3;9-18,21H,4-8,19-20,22-24H2,1-3H3/i6D,7D,10D,11D,12D,13D,14D,15D,18D2,19D2,20D2,21D2,24D2,25D;18D2,19D2,20D2,21D2,24D2,25D;9D,10D,13D,14D,15D,18D,19D2,20D2,21D,24D2. The highest BCUT2D eigenvalue weighted by atomic mass is 32.2. The zero-order valence-corrected chi connectivity index (χ0v) is 80.7. The molecule has 18 nitrogen and oxygen atoms in total. The van der Waals surface area contributed by atoms with Crippen LogP contribution in [-0.4, -0.2) is 154 Å². The molecule has 12 aromatic rings. The summed E-state index contributed by atoms with van der Waals surface area (Å²) in [5.74, 6) is -11.8. The molecule has 0 fully saturated rings. The van der Waals surface area contributed by atoms with Gasteiger partial charge in [-0.05, 0) is 242 Å². The predicted octanol–water partition coefficient (Wildman–Crippen LogP) is 22.5. The fourth-order valence-electron chi connectivity index (χ4n) is 14.0. The second-order valence-electron chi connectivity index (χ2n) is 31.6. The Kier molecular flexibility index (Phi) is 22.7. The van der Waals surface area contributed by atoms with E-state index in [1.807, 2.05) is 0 Å². The van der Waals surface area contributed by atoms with Crippen LogP contribution in [0.25, 0.3) is 33.4 Å². The van der Waals surface area contributed by atoms with E-state index in [4.69, 9.17) is 53.5 Å². The molecule has 144 heavy (non-hydrogen) atoms. The van der Waals surface area contributed by atoms with Gasteiger partial charge in [0, 0.05) is 140 Å². The molecule has 3 aliphatic carbocycles. The van der Waals surface area contributed by atoms with Crippen LogP contribution in [0, 0.1) is 36.2 Å². The number of hydrogen-bond donors (Lipinski definition) is 0. The lowest BCUT2D eigenvalue weighted by Crippen LogP contribution is -2.40. The first-order valence-electron chi connectivity index (χ1n) is 65.9. The molecule has 3 aliphatic rings. The summed E-state index contributed by atoms with van der Waals surface area (Å²) < 4.78 is 544. The second-order valence-corrected chi connectivity index (χ2v) is 33.9. The van der Waals surface area contributed by atoms with Crippen LogP contribution in [0.3, 0.4) is 0 Å². The van der Waals surface area contributed by atoms with Gasteiger partial charge in [0.1, 0.15) is 37.1 Å². The van der Waals surface area contributed by atoms with Crippen molar-refractivity contribution >= 4 is 53.0 Å². The number of aromatic nitrogens is 6. The van der Waals surface area contributed by atoms with Crippen LogP contribution in [0.15, 0.2) is 242 Å². The maximum Gasteiger partial charge on any atom is 0.416 e. The number of benzene rings is 9. The van der Waals surface area contributed by atoms with E-state index in [2.05, 4.69) is 15.0 Å². The lowest BCUT2D eigenvalue weighted by atomic mass is 9.98. The molecule has 3 heterocycles. The van der Waals surface area contributed by atoms with E-state index in [1.165, 1.54) is 80.8 Å². The van der Waals surface area contributed by atoms with Crippen molar-refractivity contribution in [2.75, 3.05) is 78.2 Å². The lowest BCUT2D eigenvalue weighted by Gasteiger charge is -2.28. The highest BCUT2D eigenvalue weighted by Gasteiger charge is 2.36. The van der Waals surface area contributed by atoms with E-state index in [9.17, 15) is 86.9 Å². The number of amides is 3. The topological polar surface area (TPSA) is 175 Å². The summed E-state index contributed by atoms with van der Waals surface area (Å²) in [5.41, 5.74) is -24.3. The molecular weight excluding hydrogens is 1920 g/mol. The highest BCUT2D eigenvalue weighted by molar-refractivity contribution is 7.98. The summed E-state index contributed by atoms with van der Waals surface area (Å²) in [6.45, 7) is -14.9. The summed E-state index contributed by atoms with van der Waals surface area (Å²) in [6, 6.07) is 4.37. The minimum Gasteiger partial charge on any atom is -0.336 e. The third-order valence-corrected chi connectivity index (χ3v) is 24.2. The van der Waals surface area contributed by atoms with Gasteiger partial charge in [-0.1, -0.05) is 236 Å². The Bertz CT molecular complexity index is 8920. The van der Waals surface area contributed by atoms with Crippen LogP contribution in [0.1, 0.15) is 210 Å². The SMILES string of the molecule is [2H]C([2H])(Sc1nc(=O)c2c(n1CC(=O)N(Cc1ccc(-c3ccc(C(F)(F)F)cc3)cc1)C([2H])([2H])C([2H])([2H])N(CC)CC)C([2H])([2H])C([2H])(C)C2([2H])[2H])c1ccc(F)cc1.[2H]c1c([2H])c(-c2c([2H])c([2H])c(C(F)(F)F)c(C)c2[2H])c([2H])c([2H])c1CN(C(=O)Cn1c(SC([2H])([2H])c2ccc(F)cc2)nc(=O)c2c1CCC2)C([2H])([2H])C([2H])([2H])N(CC)CC.[2H]c1c([2H])c(-c2c([2H])c([2H])c(C(F)(F)F)c([2H])c2[2H])c([2H])c([2H])c1CN(C(=O)Cn1c(SC([2H])([2H])c2ccc(F)cc2)nc(=O)c2c1C([2H])([2H])C([2H])(C)C2([2H])[2H])C([2H])([2H])C([2H])([2H])N(CC)CC. The van der Waals surface area contributed by atoms with Crippen molar-refractivity contribution < 1.29 is 126 Å². The van der Waals surface area contributed by atoms with Crippen molar-refractivity contribution in [3.05, 3.63) is 350 Å². The van der Waals surface area contributed by atoms with Crippen LogP contribution >= 0.6 is 35.3 Å². The van der Waals surface area contributed by atoms with Crippen LogP contribution in [-0.2, 0) is 128 Å². The molecule has 0 N–H and O–H groups in total. The molecule has 3 aromatic heterocycles. The minimum atomic E-state index is -5.39. The lowest BCUT2D eigenvalue weighted by molar-refractivity contribution is -0.138. The molecule has 33 heteroatoms. The summed E-state index contributed by atoms with van der Waals surface area (Å²) in [7, 11) is 0. The highest BCUT2D eigenvalue weighted by Crippen LogP contribution is 2.39. The maximum absolute atomic E-state index is 15.0. The van der Waals surface area contributed by atoms with E-state index in [0.717, 1.165) is 108 Å². The Labute approximate surface area is 905 Å². The number of likely N-dealkylation sites (N-methyl/N-ethyl adjacent to an activating group) is 3. The summed E-state index contributed by atoms with van der Waals surface area (Å²) in [4.78, 5) is 101. The van der Waals surface area contributed by atoms with Gasteiger partial charge in [-0.25, -0.2) is 13.2 Å². The van der Waals surface area contributed by atoms with Crippen LogP contribution in [0.5, 0.6) is 0 Å². The Morgan fingerprint density at radius 1 is 0.382 bits per heavy atom. The molecule has 0 saturated heterocycles. The first-order chi connectivity index (χ1) is 85.6. The van der Waals surface area contributed by atoms with Crippen molar-refractivity contribution in [1.82, 2.24) is 58.1 Å². The number of fused-ring (bicyclic) bond motifs is 3. The van der Waals surface area contributed by atoms with Gasteiger partial charge in [-0.3, -0.25) is 28.8 Å². The average molecular weight is 2090 g/mol. The van der Waals surface area contributed by atoms with Crippen LogP contribution in [0.4, 0.5) is 52.7 Å². The summed E-state index contributed by atoms with van der Waals surface area (Å²) in [6.07, 6.45) is -26.7. The number of thioether (sulfide) groups is 3. The number of halogens is 12.